The molecule has 0 aliphatic heterocycles. The van der Waals surface area contributed by atoms with Gasteiger partial charge in [0.1, 0.15) is 5.75 Å². The van der Waals surface area contributed by atoms with Crippen LogP contribution in [-0.2, 0) is 5.41 Å². The molecular formula is C14H17NO. The zero-order valence-corrected chi connectivity index (χ0v) is 10.1. The van der Waals surface area contributed by atoms with Crippen molar-refractivity contribution in [2.75, 3.05) is 0 Å². The van der Waals surface area contributed by atoms with Gasteiger partial charge in [0.25, 0.3) is 0 Å². The van der Waals surface area contributed by atoms with Gasteiger partial charge in [0.2, 0.25) is 0 Å². The van der Waals surface area contributed by atoms with E-state index in [2.05, 4.69) is 26.8 Å². The predicted molar refractivity (Wildman–Crippen MR) is 63.5 cm³/mol. The topological polar surface area (TPSA) is 33.0 Å². The highest BCUT2D eigenvalue weighted by Crippen LogP contribution is 2.35. The fourth-order valence-electron chi connectivity index (χ4n) is 1.65. The lowest BCUT2D eigenvalue weighted by atomic mass is 9.85. The fourth-order valence-corrected chi connectivity index (χ4v) is 1.65. The third kappa shape index (κ3) is 2.36. The lowest BCUT2D eigenvalue weighted by molar-refractivity contribution is 0.295. The van der Waals surface area contributed by atoms with E-state index in [4.69, 9.17) is 10.00 Å². The Labute approximate surface area is 96.9 Å². The molecule has 1 fully saturated rings. The molecule has 0 bridgehead atoms. The molecule has 1 aromatic rings. The third-order valence-electron chi connectivity index (χ3n) is 2.73. The largest absolute Gasteiger partial charge is 0.490 e. The van der Waals surface area contributed by atoms with Crippen LogP contribution in [0.1, 0.15) is 44.7 Å². The van der Waals surface area contributed by atoms with Crippen LogP contribution in [0.5, 0.6) is 5.75 Å². The van der Waals surface area contributed by atoms with Crippen molar-refractivity contribution in [3.05, 3.63) is 29.3 Å². The first-order valence-electron chi connectivity index (χ1n) is 5.72. The van der Waals surface area contributed by atoms with Crippen LogP contribution in [0.3, 0.4) is 0 Å². The van der Waals surface area contributed by atoms with Crippen LogP contribution in [0.15, 0.2) is 18.2 Å². The summed E-state index contributed by atoms with van der Waals surface area (Å²) in [4.78, 5) is 0. The molecule has 0 radical (unpaired) electrons. The minimum Gasteiger partial charge on any atom is -0.490 e. The standard InChI is InChI=1S/C14H17NO/c1-14(2,3)12-8-10(9-15)4-7-13(12)16-11-5-6-11/h4,7-8,11H,5-6H2,1-3H3. The van der Waals surface area contributed by atoms with Crippen molar-refractivity contribution in [2.45, 2.75) is 45.1 Å². The van der Waals surface area contributed by atoms with Crippen molar-refractivity contribution in [3.8, 4) is 11.8 Å². The SMILES string of the molecule is CC(C)(C)c1cc(C#N)ccc1OC1CC1. The molecule has 0 saturated heterocycles. The van der Waals surface area contributed by atoms with Crippen molar-refractivity contribution in [3.63, 3.8) is 0 Å². The van der Waals surface area contributed by atoms with Gasteiger partial charge in [0.05, 0.1) is 17.7 Å². The summed E-state index contributed by atoms with van der Waals surface area (Å²) in [5.74, 6) is 0.939. The maximum absolute atomic E-state index is 8.92. The normalized spacial score (nSPS) is 15.6. The van der Waals surface area contributed by atoms with Crippen molar-refractivity contribution in [2.24, 2.45) is 0 Å². The Morgan fingerprint density at radius 1 is 1.31 bits per heavy atom. The number of hydrogen-bond acceptors (Lipinski definition) is 2. The molecule has 1 saturated carbocycles. The van der Waals surface area contributed by atoms with Crippen LogP contribution >= 0.6 is 0 Å². The van der Waals surface area contributed by atoms with Crippen molar-refractivity contribution >= 4 is 0 Å². The highest BCUT2D eigenvalue weighted by molar-refractivity contribution is 5.45. The van der Waals surface area contributed by atoms with E-state index >= 15 is 0 Å². The van der Waals surface area contributed by atoms with E-state index in [1.807, 2.05) is 18.2 Å². The van der Waals surface area contributed by atoms with Gasteiger partial charge in [-0.25, -0.2) is 0 Å². The number of nitriles is 1. The smallest absolute Gasteiger partial charge is 0.123 e. The van der Waals surface area contributed by atoms with Gasteiger partial charge in [0, 0.05) is 5.56 Å². The Bertz CT molecular complexity index is 433. The van der Waals surface area contributed by atoms with Gasteiger partial charge in [-0.05, 0) is 36.5 Å². The summed E-state index contributed by atoms with van der Waals surface area (Å²) >= 11 is 0. The van der Waals surface area contributed by atoms with Gasteiger partial charge in [-0.1, -0.05) is 20.8 Å². The van der Waals surface area contributed by atoms with Crippen LogP contribution in [0.4, 0.5) is 0 Å². The molecule has 2 heteroatoms. The van der Waals surface area contributed by atoms with Crippen LogP contribution in [0.25, 0.3) is 0 Å². The molecule has 0 N–H and O–H groups in total. The molecule has 0 spiro atoms. The van der Waals surface area contributed by atoms with E-state index in [9.17, 15) is 0 Å². The second kappa shape index (κ2) is 3.83. The quantitative estimate of drug-likeness (QED) is 0.757. The van der Waals surface area contributed by atoms with Gasteiger partial charge in [-0.15, -0.1) is 0 Å². The van der Waals surface area contributed by atoms with Crippen LogP contribution in [0.2, 0.25) is 0 Å². The van der Waals surface area contributed by atoms with E-state index in [0.717, 1.165) is 24.2 Å². The molecule has 0 heterocycles. The zero-order chi connectivity index (χ0) is 11.8. The van der Waals surface area contributed by atoms with Crippen molar-refractivity contribution in [1.82, 2.24) is 0 Å². The van der Waals surface area contributed by atoms with E-state index < -0.39 is 0 Å². The number of rotatable bonds is 2. The van der Waals surface area contributed by atoms with E-state index in [1.54, 1.807) is 0 Å². The third-order valence-corrected chi connectivity index (χ3v) is 2.73. The molecule has 1 aliphatic rings. The molecule has 0 atom stereocenters. The first-order valence-corrected chi connectivity index (χ1v) is 5.72. The minimum absolute atomic E-state index is 0.0110. The second-order valence-corrected chi connectivity index (χ2v) is 5.39. The molecule has 1 aromatic carbocycles. The molecule has 0 unspecified atom stereocenters. The van der Waals surface area contributed by atoms with Gasteiger partial charge >= 0.3 is 0 Å². The summed E-state index contributed by atoms with van der Waals surface area (Å²) in [6.45, 7) is 6.43. The lowest BCUT2D eigenvalue weighted by Gasteiger charge is -2.23. The first kappa shape index (κ1) is 11.0. The fraction of sp³-hybridized carbons (Fsp3) is 0.500. The minimum atomic E-state index is 0.0110. The molecule has 1 aliphatic carbocycles. The van der Waals surface area contributed by atoms with Gasteiger partial charge in [0.15, 0.2) is 0 Å². The highest BCUT2D eigenvalue weighted by Gasteiger charge is 2.27. The number of benzene rings is 1. The summed E-state index contributed by atoms with van der Waals surface area (Å²) in [5, 5.41) is 8.92. The van der Waals surface area contributed by atoms with Gasteiger partial charge in [-0.3, -0.25) is 0 Å². The van der Waals surface area contributed by atoms with Crippen LogP contribution in [0, 0.1) is 11.3 Å². The first-order chi connectivity index (χ1) is 7.50. The molecule has 2 nitrogen and oxygen atoms in total. The molecule has 0 aromatic heterocycles. The zero-order valence-electron chi connectivity index (χ0n) is 10.1. The lowest BCUT2D eigenvalue weighted by Crippen LogP contribution is -2.14. The maximum atomic E-state index is 8.92. The number of ether oxygens (including phenoxy) is 1. The van der Waals surface area contributed by atoms with Crippen molar-refractivity contribution in [1.29, 1.82) is 5.26 Å². The van der Waals surface area contributed by atoms with Gasteiger partial charge in [-0.2, -0.15) is 5.26 Å². The number of hydrogen-bond donors (Lipinski definition) is 0. The number of nitrogens with zero attached hydrogens (tertiary/aromatic N) is 1. The summed E-state index contributed by atoms with van der Waals surface area (Å²) < 4.78 is 5.87. The maximum Gasteiger partial charge on any atom is 0.123 e. The molecule has 0 amide bonds. The summed E-state index contributed by atoms with van der Waals surface area (Å²) in [6.07, 6.45) is 2.71. The average molecular weight is 215 g/mol. The Morgan fingerprint density at radius 2 is 2.00 bits per heavy atom. The van der Waals surface area contributed by atoms with Crippen molar-refractivity contribution < 1.29 is 4.74 Å². The molecular weight excluding hydrogens is 198 g/mol. The molecule has 2 rings (SSSR count). The highest BCUT2D eigenvalue weighted by atomic mass is 16.5. The Hall–Kier alpha value is -1.49. The second-order valence-electron chi connectivity index (χ2n) is 5.39. The van der Waals surface area contributed by atoms with Gasteiger partial charge < -0.3 is 4.74 Å². The van der Waals surface area contributed by atoms with E-state index in [1.165, 1.54) is 0 Å². The Kier molecular flexibility index (Phi) is 2.63. The summed E-state index contributed by atoms with van der Waals surface area (Å²) in [5.41, 5.74) is 1.84. The predicted octanol–water partition coefficient (Wildman–Crippen LogP) is 3.40. The Balaban J connectivity index is 2.38. The van der Waals surface area contributed by atoms with E-state index in [-0.39, 0.29) is 5.41 Å². The Morgan fingerprint density at radius 3 is 2.50 bits per heavy atom. The molecule has 84 valence electrons. The van der Waals surface area contributed by atoms with E-state index in [0.29, 0.717) is 11.7 Å². The van der Waals surface area contributed by atoms with Crippen LogP contribution in [-0.4, -0.2) is 6.10 Å². The molecule has 16 heavy (non-hydrogen) atoms. The summed E-state index contributed by atoms with van der Waals surface area (Å²) in [7, 11) is 0. The summed E-state index contributed by atoms with van der Waals surface area (Å²) in [6, 6.07) is 7.88. The average Bonchev–Trinajstić information content (AvgIpc) is 3.01. The van der Waals surface area contributed by atoms with Crippen LogP contribution < -0.4 is 4.74 Å². The monoisotopic (exact) mass is 215 g/mol.